The molecule has 1 aromatic heterocycles. The van der Waals surface area contributed by atoms with Crippen molar-refractivity contribution in [3.8, 4) is 5.75 Å². The Bertz CT molecular complexity index is 549. The molecule has 0 fully saturated rings. The van der Waals surface area contributed by atoms with Gasteiger partial charge in [0.15, 0.2) is 0 Å². The standard InChI is InChI=1S/C13H16N4O/c1-8-5-9(2)17-13(16-8)15-7-10-6-11(14)3-4-12(10)18/h3-6,18H,7,14H2,1-2H3,(H,15,16,17). The zero-order valence-corrected chi connectivity index (χ0v) is 10.4. The summed E-state index contributed by atoms with van der Waals surface area (Å²) >= 11 is 0. The van der Waals surface area contributed by atoms with Crippen LogP contribution in [0.5, 0.6) is 5.75 Å². The molecule has 0 spiro atoms. The van der Waals surface area contributed by atoms with Crippen molar-refractivity contribution in [2.45, 2.75) is 20.4 Å². The fraction of sp³-hybridized carbons (Fsp3) is 0.231. The summed E-state index contributed by atoms with van der Waals surface area (Å²) in [6.45, 7) is 4.26. The molecule has 18 heavy (non-hydrogen) atoms. The average Bonchev–Trinajstić information content (AvgIpc) is 2.29. The van der Waals surface area contributed by atoms with E-state index in [0.717, 1.165) is 17.0 Å². The van der Waals surface area contributed by atoms with Crippen LogP contribution < -0.4 is 11.1 Å². The number of rotatable bonds is 3. The van der Waals surface area contributed by atoms with Crippen molar-refractivity contribution >= 4 is 11.6 Å². The van der Waals surface area contributed by atoms with E-state index in [2.05, 4.69) is 15.3 Å². The number of aromatic hydroxyl groups is 1. The number of aryl methyl sites for hydroxylation is 2. The van der Waals surface area contributed by atoms with Crippen LogP contribution in [0.25, 0.3) is 0 Å². The fourth-order valence-electron chi connectivity index (χ4n) is 1.73. The van der Waals surface area contributed by atoms with Gasteiger partial charge in [-0.2, -0.15) is 0 Å². The number of hydrogen-bond acceptors (Lipinski definition) is 5. The van der Waals surface area contributed by atoms with E-state index in [1.165, 1.54) is 0 Å². The van der Waals surface area contributed by atoms with Gasteiger partial charge in [0.05, 0.1) is 0 Å². The third kappa shape index (κ3) is 2.88. The van der Waals surface area contributed by atoms with Crippen molar-refractivity contribution in [3.05, 3.63) is 41.2 Å². The van der Waals surface area contributed by atoms with Crippen molar-refractivity contribution in [2.75, 3.05) is 11.1 Å². The summed E-state index contributed by atoms with van der Waals surface area (Å²) in [5.41, 5.74) is 8.82. The first-order chi connectivity index (χ1) is 8.54. The minimum absolute atomic E-state index is 0.209. The zero-order valence-electron chi connectivity index (χ0n) is 10.4. The van der Waals surface area contributed by atoms with E-state index in [1.807, 2.05) is 19.9 Å². The highest BCUT2D eigenvalue weighted by Gasteiger charge is 2.03. The van der Waals surface area contributed by atoms with Crippen LogP contribution in [0, 0.1) is 13.8 Å². The molecule has 0 amide bonds. The second kappa shape index (κ2) is 4.91. The van der Waals surface area contributed by atoms with E-state index in [1.54, 1.807) is 18.2 Å². The molecule has 0 atom stereocenters. The van der Waals surface area contributed by atoms with Crippen LogP contribution in [0.2, 0.25) is 0 Å². The summed E-state index contributed by atoms with van der Waals surface area (Å²) in [4.78, 5) is 8.53. The summed E-state index contributed by atoms with van der Waals surface area (Å²) in [7, 11) is 0. The summed E-state index contributed by atoms with van der Waals surface area (Å²) < 4.78 is 0. The van der Waals surface area contributed by atoms with E-state index >= 15 is 0 Å². The Morgan fingerprint density at radius 3 is 2.50 bits per heavy atom. The number of phenolic OH excluding ortho intramolecular Hbond substituents is 1. The van der Waals surface area contributed by atoms with Gasteiger partial charge in [-0.3, -0.25) is 0 Å². The van der Waals surface area contributed by atoms with Gasteiger partial charge in [0.1, 0.15) is 5.75 Å². The molecule has 5 nitrogen and oxygen atoms in total. The molecule has 0 bridgehead atoms. The SMILES string of the molecule is Cc1cc(C)nc(NCc2cc(N)ccc2O)n1. The number of nitrogens with two attached hydrogens (primary N) is 1. The van der Waals surface area contributed by atoms with Crippen LogP contribution in [-0.2, 0) is 6.54 Å². The third-order valence-corrected chi connectivity index (χ3v) is 2.52. The summed E-state index contributed by atoms with van der Waals surface area (Å²) in [6, 6.07) is 6.87. The lowest BCUT2D eigenvalue weighted by atomic mass is 10.2. The number of nitrogens with zero attached hydrogens (tertiary/aromatic N) is 2. The average molecular weight is 244 g/mol. The van der Waals surface area contributed by atoms with E-state index in [9.17, 15) is 5.11 Å². The number of nitrogens with one attached hydrogen (secondary N) is 1. The molecule has 0 aliphatic carbocycles. The first kappa shape index (κ1) is 12.2. The number of hydrogen-bond donors (Lipinski definition) is 3. The normalized spacial score (nSPS) is 10.3. The van der Waals surface area contributed by atoms with Crippen molar-refractivity contribution in [1.29, 1.82) is 0 Å². The first-order valence-corrected chi connectivity index (χ1v) is 5.68. The van der Waals surface area contributed by atoms with Crippen molar-refractivity contribution < 1.29 is 5.11 Å². The summed E-state index contributed by atoms with van der Waals surface area (Å²) in [5, 5.41) is 12.8. The van der Waals surface area contributed by atoms with Crippen molar-refractivity contribution in [1.82, 2.24) is 9.97 Å². The minimum Gasteiger partial charge on any atom is -0.508 e. The molecule has 0 radical (unpaired) electrons. The molecule has 5 heteroatoms. The Hall–Kier alpha value is -2.30. The maximum Gasteiger partial charge on any atom is 0.223 e. The van der Waals surface area contributed by atoms with Crippen LogP contribution in [0.4, 0.5) is 11.6 Å². The molecule has 0 aliphatic heterocycles. The predicted octanol–water partition coefficient (Wildman–Crippen LogP) is 1.99. The molecule has 2 aromatic rings. The second-order valence-corrected chi connectivity index (χ2v) is 4.22. The fourth-order valence-corrected chi connectivity index (χ4v) is 1.73. The molecule has 2 rings (SSSR count). The lowest BCUT2D eigenvalue weighted by Crippen LogP contribution is -2.05. The molecule has 0 aliphatic rings. The van der Waals surface area contributed by atoms with Gasteiger partial charge in [0.2, 0.25) is 5.95 Å². The highest BCUT2D eigenvalue weighted by molar-refractivity contribution is 5.48. The van der Waals surface area contributed by atoms with Crippen LogP contribution >= 0.6 is 0 Å². The van der Waals surface area contributed by atoms with Gasteiger partial charge in [-0.1, -0.05) is 0 Å². The number of phenols is 1. The first-order valence-electron chi connectivity index (χ1n) is 5.68. The molecule has 1 heterocycles. The Labute approximate surface area is 106 Å². The van der Waals surface area contributed by atoms with Gasteiger partial charge < -0.3 is 16.2 Å². The van der Waals surface area contributed by atoms with Crippen molar-refractivity contribution in [2.24, 2.45) is 0 Å². The van der Waals surface area contributed by atoms with E-state index in [4.69, 9.17) is 5.73 Å². The van der Waals surface area contributed by atoms with Crippen molar-refractivity contribution in [3.63, 3.8) is 0 Å². The highest BCUT2D eigenvalue weighted by Crippen LogP contribution is 2.20. The van der Waals surface area contributed by atoms with E-state index < -0.39 is 0 Å². The Morgan fingerprint density at radius 2 is 1.83 bits per heavy atom. The van der Waals surface area contributed by atoms with Crippen LogP contribution in [0.3, 0.4) is 0 Å². The Morgan fingerprint density at radius 1 is 1.17 bits per heavy atom. The summed E-state index contributed by atoms with van der Waals surface area (Å²) in [5.74, 6) is 0.760. The quantitative estimate of drug-likeness (QED) is 0.568. The maximum atomic E-state index is 9.69. The van der Waals surface area contributed by atoms with Crippen LogP contribution in [-0.4, -0.2) is 15.1 Å². The van der Waals surface area contributed by atoms with Crippen LogP contribution in [0.1, 0.15) is 17.0 Å². The molecule has 94 valence electrons. The van der Waals surface area contributed by atoms with Crippen LogP contribution in [0.15, 0.2) is 24.3 Å². The number of benzene rings is 1. The van der Waals surface area contributed by atoms with Gasteiger partial charge in [0, 0.05) is 29.2 Å². The maximum absolute atomic E-state index is 9.69. The Kier molecular flexibility index (Phi) is 3.32. The Balaban J connectivity index is 2.13. The van der Waals surface area contributed by atoms with Gasteiger partial charge in [0.25, 0.3) is 0 Å². The molecule has 0 unspecified atom stereocenters. The number of anilines is 2. The van der Waals surface area contributed by atoms with Gasteiger partial charge in [-0.15, -0.1) is 0 Å². The van der Waals surface area contributed by atoms with E-state index in [-0.39, 0.29) is 5.75 Å². The zero-order chi connectivity index (χ0) is 13.1. The monoisotopic (exact) mass is 244 g/mol. The topological polar surface area (TPSA) is 84.1 Å². The lowest BCUT2D eigenvalue weighted by molar-refractivity contribution is 0.469. The summed E-state index contributed by atoms with van der Waals surface area (Å²) in [6.07, 6.45) is 0. The molecular formula is C13H16N4O. The van der Waals surface area contributed by atoms with Gasteiger partial charge in [-0.25, -0.2) is 9.97 Å². The number of nitrogen functional groups attached to an aromatic ring is 1. The van der Waals surface area contributed by atoms with Gasteiger partial charge in [-0.05, 0) is 38.1 Å². The smallest absolute Gasteiger partial charge is 0.223 e. The largest absolute Gasteiger partial charge is 0.508 e. The molecule has 0 saturated carbocycles. The molecule has 4 N–H and O–H groups in total. The molecule has 1 aromatic carbocycles. The lowest BCUT2D eigenvalue weighted by Gasteiger charge is -2.08. The van der Waals surface area contributed by atoms with E-state index in [0.29, 0.717) is 18.2 Å². The number of aromatic nitrogens is 2. The minimum atomic E-state index is 0.209. The predicted molar refractivity (Wildman–Crippen MR) is 71.4 cm³/mol. The van der Waals surface area contributed by atoms with Gasteiger partial charge >= 0.3 is 0 Å². The second-order valence-electron chi connectivity index (χ2n) is 4.22. The third-order valence-electron chi connectivity index (χ3n) is 2.52. The molecule has 0 saturated heterocycles. The highest BCUT2D eigenvalue weighted by atomic mass is 16.3. The molecular weight excluding hydrogens is 228 g/mol.